The van der Waals surface area contributed by atoms with Crippen LogP contribution in [0.5, 0.6) is 5.75 Å². The summed E-state index contributed by atoms with van der Waals surface area (Å²) in [4.78, 5) is 36.1. The maximum atomic E-state index is 12.6. The van der Waals surface area contributed by atoms with Gasteiger partial charge in [0.05, 0.1) is 5.56 Å². The van der Waals surface area contributed by atoms with Crippen LogP contribution >= 0.6 is 0 Å². The highest BCUT2D eigenvalue weighted by Crippen LogP contribution is 2.19. The van der Waals surface area contributed by atoms with Crippen LogP contribution in [0.1, 0.15) is 62.9 Å². The van der Waals surface area contributed by atoms with Crippen molar-refractivity contribution >= 4 is 17.9 Å². The number of phenols is 1. The SMILES string of the molecule is CCCCCNC(=O)[C@H](Cc1ccc(O)c(C(N)=O)c1)NC(=O)OC(C)(C)C. The Morgan fingerprint density at radius 1 is 1.21 bits per heavy atom. The number of nitrogens with two attached hydrogens (primary N) is 1. The summed E-state index contributed by atoms with van der Waals surface area (Å²) in [6, 6.07) is 3.41. The van der Waals surface area contributed by atoms with Gasteiger partial charge in [-0.2, -0.15) is 0 Å². The molecule has 0 aliphatic carbocycles. The number of aromatic hydroxyl groups is 1. The number of hydrogen-bond donors (Lipinski definition) is 4. The van der Waals surface area contributed by atoms with Gasteiger partial charge in [-0.15, -0.1) is 0 Å². The molecular formula is C20H31N3O5. The van der Waals surface area contributed by atoms with Crippen molar-refractivity contribution in [2.45, 2.75) is 65.0 Å². The smallest absolute Gasteiger partial charge is 0.408 e. The van der Waals surface area contributed by atoms with Crippen LogP contribution in [0.25, 0.3) is 0 Å². The van der Waals surface area contributed by atoms with Crippen LogP contribution in [0.3, 0.4) is 0 Å². The first-order chi connectivity index (χ1) is 13.0. The predicted octanol–water partition coefficient (Wildman–Crippen LogP) is 2.23. The molecule has 0 heterocycles. The van der Waals surface area contributed by atoms with Gasteiger partial charge in [-0.25, -0.2) is 4.79 Å². The molecule has 0 aliphatic rings. The number of alkyl carbamates (subject to hydrolysis) is 1. The Kier molecular flexibility index (Phi) is 8.76. The Morgan fingerprint density at radius 2 is 1.89 bits per heavy atom. The standard InChI is InChI=1S/C20H31N3O5/c1-5-6-7-10-22-18(26)15(23-19(27)28-20(2,3)4)12-13-8-9-16(24)14(11-13)17(21)25/h8-9,11,15,24H,5-7,10,12H2,1-4H3,(H2,21,25)(H,22,26)(H,23,27)/t15-/m0/s1. The monoisotopic (exact) mass is 393 g/mol. The van der Waals surface area contributed by atoms with Gasteiger partial charge in [0.1, 0.15) is 17.4 Å². The summed E-state index contributed by atoms with van der Waals surface area (Å²) in [7, 11) is 0. The molecule has 0 aromatic heterocycles. The molecule has 1 aromatic rings. The van der Waals surface area contributed by atoms with E-state index < -0.39 is 23.6 Å². The number of rotatable bonds is 9. The molecular weight excluding hydrogens is 362 g/mol. The Labute approximate surface area is 165 Å². The molecule has 1 rings (SSSR count). The van der Waals surface area contributed by atoms with Gasteiger partial charge in [0.25, 0.3) is 5.91 Å². The number of nitrogens with one attached hydrogen (secondary N) is 2. The van der Waals surface area contributed by atoms with Crippen LogP contribution < -0.4 is 16.4 Å². The minimum atomic E-state index is -0.901. The van der Waals surface area contributed by atoms with Crippen molar-refractivity contribution in [2.75, 3.05) is 6.54 Å². The highest BCUT2D eigenvalue weighted by molar-refractivity contribution is 5.95. The van der Waals surface area contributed by atoms with E-state index in [9.17, 15) is 19.5 Å². The van der Waals surface area contributed by atoms with Gasteiger partial charge < -0.3 is 26.2 Å². The number of primary amides is 1. The Hall–Kier alpha value is -2.77. The van der Waals surface area contributed by atoms with Crippen molar-refractivity contribution < 1.29 is 24.2 Å². The molecule has 0 saturated carbocycles. The van der Waals surface area contributed by atoms with Crippen molar-refractivity contribution in [2.24, 2.45) is 5.73 Å². The lowest BCUT2D eigenvalue weighted by Crippen LogP contribution is -2.49. The molecule has 3 amide bonds. The molecule has 28 heavy (non-hydrogen) atoms. The maximum absolute atomic E-state index is 12.6. The number of benzene rings is 1. The minimum Gasteiger partial charge on any atom is -0.507 e. The van der Waals surface area contributed by atoms with Crippen molar-refractivity contribution in [3.63, 3.8) is 0 Å². The lowest BCUT2D eigenvalue weighted by atomic mass is 10.0. The third-order valence-electron chi connectivity index (χ3n) is 3.85. The molecule has 0 fully saturated rings. The van der Waals surface area contributed by atoms with Gasteiger partial charge >= 0.3 is 6.09 Å². The molecule has 1 aromatic carbocycles. The molecule has 0 unspecified atom stereocenters. The molecule has 1 atom stereocenters. The van der Waals surface area contributed by atoms with Gasteiger partial charge in [0.2, 0.25) is 5.91 Å². The molecule has 8 nitrogen and oxygen atoms in total. The number of carbonyl (C=O) groups excluding carboxylic acids is 3. The van der Waals surface area contributed by atoms with E-state index in [1.165, 1.54) is 12.1 Å². The number of amides is 3. The van der Waals surface area contributed by atoms with E-state index in [0.29, 0.717) is 12.1 Å². The quantitative estimate of drug-likeness (QED) is 0.478. The highest BCUT2D eigenvalue weighted by atomic mass is 16.6. The summed E-state index contributed by atoms with van der Waals surface area (Å²) < 4.78 is 5.24. The van der Waals surface area contributed by atoms with Crippen LogP contribution in [0.15, 0.2) is 18.2 Å². The van der Waals surface area contributed by atoms with Crippen molar-refractivity contribution in [1.29, 1.82) is 0 Å². The summed E-state index contributed by atoms with van der Waals surface area (Å²) in [5.74, 6) is -1.37. The van der Waals surface area contributed by atoms with Crippen LogP contribution in [0.4, 0.5) is 4.79 Å². The first kappa shape index (κ1) is 23.3. The second-order valence-corrected chi connectivity index (χ2v) is 7.62. The average molecular weight is 393 g/mol. The van der Waals surface area contributed by atoms with Crippen molar-refractivity contribution in [3.05, 3.63) is 29.3 Å². The summed E-state index contributed by atoms with van der Waals surface area (Å²) in [5.41, 5.74) is 5.07. The summed E-state index contributed by atoms with van der Waals surface area (Å²) in [6.45, 7) is 7.75. The van der Waals surface area contributed by atoms with Gasteiger partial charge in [-0.05, 0) is 44.9 Å². The fourth-order valence-corrected chi connectivity index (χ4v) is 2.51. The molecule has 8 heteroatoms. The maximum Gasteiger partial charge on any atom is 0.408 e. The molecule has 0 saturated heterocycles. The predicted molar refractivity (Wildman–Crippen MR) is 106 cm³/mol. The second-order valence-electron chi connectivity index (χ2n) is 7.62. The van der Waals surface area contributed by atoms with Crippen LogP contribution in [-0.4, -0.2) is 41.2 Å². The topological polar surface area (TPSA) is 131 Å². The Morgan fingerprint density at radius 3 is 2.46 bits per heavy atom. The normalized spacial score (nSPS) is 12.1. The largest absolute Gasteiger partial charge is 0.507 e. The molecule has 0 aliphatic heterocycles. The molecule has 156 valence electrons. The summed E-state index contributed by atoms with van der Waals surface area (Å²) in [5, 5.41) is 15.1. The van der Waals surface area contributed by atoms with Gasteiger partial charge in [-0.1, -0.05) is 25.8 Å². The number of ether oxygens (including phenoxy) is 1. The fraction of sp³-hybridized carbons (Fsp3) is 0.550. The fourth-order valence-electron chi connectivity index (χ4n) is 2.51. The van der Waals surface area contributed by atoms with Crippen LogP contribution in [0, 0.1) is 0 Å². The minimum absolute atomic E-state index is 0.0446. The van der Waals surface area contributed by atoms with E-state index in [1.54, 1.807) is 26.8 Å². The first-order valence-electron chi connectivity index (χ1n) is 9.42. The van der Waals surface area contributed by atoms with Crippen molar-refractivity contribution in [3.8, 4) is 5.75 Å². The van der Waals surface area contributed by atoms with E-state index in [2.05, 4.69) is 17.6 Å². The van der Waals surface area contributed by atoms with Crippen LogP contribution in [0.2, 0.25) is 0 Å². The first-order valence-corrected chi connectivity index (χ1v) is 9.42. The van der Waals surface area contributed by atoms with Gasteiger partial charge in [0, 0.05) is 13.0 Å². The highest BCUT2D eigenvalue weighted by Gasteiger charge is 2.25. The molecule has 0 spiro atoms. The third kappa shape index (κ3) is 8.28. The Bertz CT molecular complexity index is 698. The lowest BCUT2D eigenvalue weighted by molar-refractivity contribution is -0.123. The van der Waals surface area contributed by atoms with E-state index in [0.717, 1.165) is 19.3 Å². The number of unbranched alkanes of at least 4 members (excludes halogenated alkanes) is 2. The van der Waals surface area contributed by atoms with E-state index in [1.807, 2.05) is 0 Å². The molecule has 0 radical (unpaired) electrons. The lowest BCUT2D eigenvalue weighted by Gasteiger charge is -2.23. The zero-order valence-corrected chi connectivity index (χ0v) is 17.0. The summed E-state index contributed by atoms with van der Waals surface area (Å²) >= 11 is 0. The second kappa shape index (κ2) is 10.5. The summed E-state index contributed by atoms with van der Waals surface area (Å²) in [6.07, 6.45) is 2.25. The van der Waals surface area contributed by atoms with Crippen molar-refractivity contribution in [1.82, 2.24) is 10.6 Å². The van der Waals surface area contributed by atoms with Gasteiger partial charge in [-0.3, -0.25) is 9.59 Å². The van der Waals surface area contributed by atoms with E-state index >= 15 is 0 Å². The molecule has 5 N–H and O–H groups in total. The Balaban J connectivity index is 2.93. The van der Waals surface area contributed by atoms with Gasteiger partial charge in [0.15, 0.2) is 0 Å². The van der Waals surface area contributed by atoms with Crippen LogP contribution in [-0.2, 0) is 16.0 Å². The van der Waals surface area contributed by atoms with E-state index in [-0.39, 0.29) is 23.6 Å². The average Bonchev–Trinajstić information content (AvgIpc) is 2.57. The molecule has 0 bridgehead atoms. The number of hydrogen-bond acceptors (Lipinski definition) is 5. The zero-order chi connectivity index (χ0) is 21.3. The third-order valence-corrected chi connectivity index (χ3v) is 3.85. The van der Waals surface area contributed by atoms with E-state index in [4.69, 9.17) is 10.5 Å². The zero-order valence-electron chi connectivity index (χ0n) is 17.0. The number of carbonyl (C=O) groups is 3.